The molecule has 0 amide bonds. The van der Waals surface area contributed by atoms with Crippen molar-refractivity contribution in [2.75, 3.05) is 13.3 Å². The summed E-state index contributed by atoms with van der Waals surface area (Å²) in [5.74, 6) is 0. The average molecular weight is 1320 g/mol. The maximum atomic E-state index is 9.01. The van der Waals surface area contributed by atoms with E-state index in [-0.39, 0.29) is 0 Å². The van der Waals surface area contributed by atoms with Crippen molar-refractivity contribution >= 4 is 156 Å². The molecule has 0 aliphatic heterocycles. The first-order valence-corrected chi connectivity index (χ1v) is 35.9. The number of halogens is 10. The third kappa shape index (κ3) is 27.1. The third-order valence-electron chi connectivity index (χ3n) is 8.06. The number of hydrogen-bond donors (Lipinski definition) is 2. The summed E-state index contributed by atoms with van der Waals surface area (Å²) in [5, 5.41) is 12.1. The summed E-state index contributed by atoms with van der Waals surface area (Å²) >= 11 is 17.3. The predicted octanol–water partition coefficient (Wildman–Crippen LogP) is 9.45. The van der Waals surface area contributed by atoms with Crippen LogP contribution in [0.4, 0.5) is 0 Å². The van der Waals surface area contributed by atoms with Gasteiger partial charge in [-0.15, -0.1) is 0 Å². The molecule has 0 heterocycles. The average Bonchev–Trinajstić information content (AvgIpc) is 3.17. The second kappa shape index (κ2) is 28.4. The van der Waals surface area contributed by atoms with Crippen LogP contribution >= 0.6 is 125 Å². The maximum absolute atomic E-state index is 9.01. The van der Waals surface area contributed by atoms with Crippen molar-refractivity contribution in [2.24, 2.45) is 0 Å². The van der Waals surface area contributed by atoms with Gasteiger partial charge in [0, 0.05) is 30.1 Å². The molecule has 0 radical (unpaired) electrons. The molecule has 0 aliphatic carbocycles. The van der Waals surface area contributed by atoms with Gasteiger partial charge in [-0.2, -0.15) is 0 Å². The van der Waals surface area contributed by atoms with Crippen molar-refractivity contribution in [1.82, 2.24) is 0 Å². The van der Waals surface area contributed by atoms with Crippen molar-refractivity contribution < 1.29 is 95.9 Å². The second-order valence-corrected chi connectivity index (χ2v) is 32.6. The molecule has 6 aromatic carbocycles. The van der Waals surface area contributed by atoms with Crippen LogP contribution in [0.25, 0.3) is 0 Å². The second-order valence-electron chi connectivity index (χ2n) is 12.4. The first-order chi connectivity index (χ1) is 30.0. The Morgan fingerprint density at radius 1 is 0.318 bits per heavy atom. The summed E-state index contributed by atoms with van der Waals surface area (Å²) in [7, 11) is 12.7. The zero-order valence-corrected chi connectivity index (χ0v) is 47.1. The fourth-order valence-corrected chi connectivity index (χ4v) is 12.3. The minimum absolute atomic E-state index is 0.743. The van der Waals surface area contributed by atoms with Gasteiger partial charge in [0.1, 0.15) is 46.4 Å². The van der Waals surface area contributed by atoms with Gasteiger partial charge < -0.3 is 0 Å². The predicted molar refractivity (Wildman–Crippen MR) is 246 cm³/mol. The molecule has 364 valence electrons. The SMILES string of the molecule is C[P+](c1ccc(Cl)cc1)(c1ccc(Cl)cc1)c1ccc(Cl)cc1.C[P+](c1ccc(Cl)cc1)(c1ccc(Cl)cc1)c1ccc(Cl)cc1.[O]=[Mn](=[O])([O-])[Cl].[O]=[Mn](=[O])([O-])[Cl].[O]=[Mn](=[O])([OH])[Cl].[O]=[Mn](=[O])([OH])[Cl]. The van der Waals surface area contributed by atoms with Crippen molar-refractivity contribution in [3.05, 3.63) is 176 Å². The van der Waals surface area contributed by atoms with E-state index in [9.17, 15) is 0 Å². The van der Waals surface area contributed by atoms with Gasteiger partial charge in [-0.1, -0.05) is 69.6 Å². The molecule has 0 bridgehead atoms. The Kier molecular flexibility index (Phi) is 27.3. The number of benzene rings is 6. The summed E-state index contributed by atoms with van der Waals surface area (Å²) in [6, 6.07) is 48.7. The standard InChI is InChI=1S/2C19H15Cl3P.4ClH.4Mn.2H2O.10O/c2*1-23(17-8-2-14(20)3-9-17,18-10-4-15(21)5-11-18)19-12-6-16(22)7-13-19;;;;;;;;;;;;;;;;;;;;/h2*2-13H,1H3;4*1H;;;;;2*1H2;;;;;;;;;;/q2*+1;;;;;2*+1;2*+2;;;;;;;;;;;2*-1/p-6. The first-order valence-electron chi connectivity index (χ1n) is 16.8. The van der Waals surface area contributed by atoms with Crippen LogP contribution in [0.1, 0.15) is 0 Å². The summed E-state index contributed by atoms with van der Waals surface area (Å²) in [5.41, 5.74) is 0. The monoisotopic (exact) mass is 1310 g/mol. The normalized spacial score (nSPS) is 11.5. The van der Waals surface area contributed by atoms with E-state index in [0.29, 0.717) is 0 Å². The van der Waals surface area contributed by atoms with Gasteiger partial charge in [-0.3, -0.25) is 0 Å². The quantitative estimate of drug-likeness (QED) is 0.118. The van der Waals surface area contributed by atoms with E-state index < -0.39 is 63.0 Å². The Labute approximate surface area is 436 Å². The molecule has 66 heavy (non-hydrogen) atoms. The molecule has 0 aromatic heterocycles. The van der Waals surface area contributed by atoms with E-state index in [2.05, 4.69) is 127 Å². The molecule has 0 atom stereocenters. The molecule has 0 unspecified atom stereocenters. The van der Waals surface area contributed by atoms with E-state index in [0.717, 1.165) is 30.1 Å². The Morgan fingerprint density at radius 3 is 0.470 bits per heavy atom. The Hall–Kier alpha value is -0.602. The number of hydrogen-bond acceptors (Lipinski definition) is 10. The van der Waals surface area contributed by atoms with Crippen LogP contribution in [-0.2, 0) is 79.2 Å². The zero-order chi connectivity index (χ0) is 50.9. The summed E-state index contributed by atoms with van der Waals surface area (Å²) in [6.07, 6.45) is 0. The van der Waals surface area contributed by atoms with Crippen LogP contribution in [0.15, 0.2) is 146 Å². The van der Waals surface area contributed by atoms with Gasteiger partial charge >= 0.3 is 136 Å². The van der Waals surface area contributed by atoms with Crippen LogP contribution < -0.4 is 40.2 Å². The van der Waals surface area contributed by atoms with Gasteiger partial charge in [0.25, 0.3) is 0 Å². The van der Waals surface area contributed by atoms with Crippen molar-refractivity contribution in [3.8, 4) is 0 Å². The minimum atomic E-state index is -4.90. The molecule has 12 nitrogen and oxygen atoms in total. The van der Waals surface area contributed by atoms with E-state index >= 15 is 0 Å². The van der Waals surface area contributed by atoms with Crippen molar-refractivity contribution in [2.45, 2.75) is 0 Å². The van der Waals surface area contributed by atoms with Crippen LogP contribution in [0.5, 0.6) is 0 Å². The summed E-state index contributed by atoms with van der Waals surface area (Å²) < 4.78 is 104. The fourth-order valence-electron chi connectivity index (χ4n) is 5.33. The van der Waals surface area contributed by atoms with Gasteiger partial charge in [-0.25, -0.2) is 0 Å². The van der Waals surface area contributed by atoms with Gasteiger partial charge in [0.15, 0.2) is 0 Å². The third-order valence-corrected chi connectivity index (χ3v) is 17.6. The molecular weight excluding hydrogens is 1280 g/mol. The molecule has 6 rings (SSSR count). The van der Waals surface area contributed by atoms with Crippen LogP contribution in [0, 0.1) is 0 Å². The molecule has 0 fully saturated rings. The van der Waals surface area contributed by atoms with Crippen LogP contribution in [-0.4, -0.2) is 21.7 Å². The molecule has 0 saturated heterocycles. The molecule has 0 saturated carbocycles. The van der Waals surface area contributed by atoms with Crippen molar-refractivity contribution in [1.29, 1.82) is 0 Å². The van der Waals surface area contributed by atoms with E-state index in [4.69, 9.17) is 117 Å². The fraction of sp³-hybridized carbons (Fsp3) is 0.0526. The molecule has 0 spiro atoms. The Morgan fingerprint density at radius 2 is 0.394 bits per heavy atom. The van der Waals surface area contributed by atoms with E-state index in [1.807, 2.05) is 72.8 Å². The van der Waals surface area contributed by atoms with Crippen LogP contribution in [0.2, 0.25) is 30.1 Å². The van der Waals surface area contributed by atoms with Crippen LogP contribution in [0.3, 0.4) is 0 Å². The Bertz CT molecular complexity index is 2390. The Balaban J connectivity index is 0.000000470. The first kappa shape index (κ1) is 63.4. The molecular formula is C38H32Cl10Mn4O12P2. The van der Waals surface area contributed by atoms with Gasteiger partial charge in [0.05, 0.1) is 13.3 Å². The topological polar surface area (TPSA) is 223 Å². The molecule has 2 N–H and O–H groups in total. The molecule has 0 aliphatic rings. The summed E-state index contributed by atoms with van der Waals surface area (Å²) in [6.45, 7) is 4.62. The molecule has 28 heteroatoms. The van der Waals surface area contributed by atoms with Gasteiger partial charge in [-0.05, 0) is 146 Å². The van der Waals surface area contributed by atoms with E-state index in [1.54, 1.807) is 0 Å². The zero-order valence-electron chi connectivity index (χ0n) is 33.0. The van der Waals surface area contributed by atoms with Crippen molar-refractivity contribution in [3.63, 3.8) is 0 Å². The summed E-state index contributed by atoms with van der Waals surface area (Å²) in [4.78, 5) is 0. The number of rotatable bonds is 6. The molecule has 6 aromatic rings. The van der Waals surface area contributed by atoms with E-state index in [1.165, 1.54) is 31.8 Å². The van der Waals surface area contributed by atoms with Gasteiger partial charge in [0.2, 0.25) is 0 Å².